The third kappa shape index (κ3) is 13.0. The topological polar surface area (TPSA) is 163 Å². The number of aromatic nitrogens is 4. The molecule has 2 N–H and O–H groups in total. The van der Waals surface area contributed by atoms with Crippen LogP contribution in [-0.2, 0) is 48.4 Å². The second-order valence-electron chi connectivity index (χ2n) is 14.3. The summed E-state index contributed by atoms with van der Waals surface area (Å²) in [6.45, 7) is 7.19. The number of pyridine rings is 4. The van der Waals surface area contributed by atoms with Crippen LogP contribution in [0.2, 0.25) is 0 Å². The first-order valence-corrected chi connectivity index (χ1v) is 23.8. The molecule has 64 heavy (non-hydrogen) atoms. The van der Waals surface area contributed by atoms with Gasteiger partial charge in [-0.15, -0.1) is 0 Å². The maximum Gasteiger partial charge on any atom is 0 e. The van der Waals surface area contributed by atoms with Crippen molar-refractivity contribution < 1.29 is 93.9 Å². The van der Waals surface area contributed by atoms with E-state index in [0.29, 0.717) is 45.8 Å². The number of carboxylic acid groups (broad SMARTS) is 2. The van der Waals surface area contributed by atoms with E-state index in [0.717, 1.165) is 24.3 Å². The van der Waals surface area contributed by atoms with Crippen molar-refractivity contribution in [2.75, 3.05) is 28.4 Å². The largest absolute Gasteiger partial charge is 0 e. The van der Waals surface area contributed by atoms with Crippen molar-refractivity contribution >= 4 is 30.8 Å². The number of hydrogen-bond donors (Lipinski definition) is 2. The molecule has 2 aromatic carbocycles. The average Bonchev–Trinajstić information content (AvgIpc) is 3.26. The van der Waals surface area contributed by atoms with Crippen LogP contribution in [0.4, 0.5) is 17.6 Å². The summed E-state index contributed by atoms with van der Waals surface area (Å²) >= 11 is -0.472. The van der Waals surface area contributed by atoms with Crippen LogP contribution < -0.4 is 18.9 Å². The minimum atomic E-state index is -1.20. The van der Waals surface area contributed by atoms with Gasteiger partial charge < -0.3 is 29.2 Å². The first-order chi connectivity index (χ1) is 29.7. The van der Waals surface area contributed by atoms with Gasteiger partial charge in [0.05, 0.1) is 62.6 Å². The number of rotatable bonds is 12. The average molecular weight is 1290 g/mol. The Morgan fingerprint density at radius 3 is 1.06 bits per heavy atom. The van der Waals surface area contributed by atoms with Crippen molar-refractivity contribution in [1.29, 1.82) is 0 Å². The van der Waals surface area contributed by atoms with Gasteiger partial charge in [-0.2, -0.15) is 0 Å². The quantitative estimate of drug-likeness (QED) is 0.112. The summed E-state index contributed by atoms with van der Waals surface area (Å²) in [6.07, 6.45) is 0. The van der Waals surface area contributed by atoms with E-state index >= 15 is 0 Å². The van der Waals surface area contributed by atoms with E-state index in [2.05, 4.69) is 19.9 Å². The summed E-state index contributed by atoms with van der Waals surface area (Å²) in [5.41, 5.74) is 0.278. The first kappa shape index (κ1) is 53.2. The standard InChI is InChI=1S/2C22H20F2N2O4.2ClH.2Pt/c2*1-22(2,20-11-14(30-4)9-18(26-20)21(27)28)19-10-13(29-3)8-17(25-19)15-6-5-12(23)7-16(15)24;;;;/h2*5-11H,1-4H3,(H,27,28);2*1H;;/q;;;;;+2/p-2. The third-order valence-electron chi connectivity index (χ3n) is 9.55. The van der Waals surface area contributed by atoms with Crippen LogP contribution in [0, 0.1) is 23.3 Å². The van der Waals surface area contributed by atoms with Crippen molar-refractivity contribution in [3.8, 4) is 45.5 Å². The number of carbonyl (C=O) groups is 2. The predicted molar refractivity (Wildman–Crippen MR) is 224 cm³/mol. The molecule has 0 aliphatic rings. The number of nitrogens with zero attached hydrogens (tertiary/aromatic N) is 4. The fraction of sp³-hybridized carbons (Fsp3) is 0.227. The Balaban J connectivity index is 0.000000316. The summed E-state index contributed by atoms with van der Waals surface area (Å²) in [6, 6.07) is 18.7. The van der Waals surface area contributed by atoms with Crippen molar-refractivity contribution in [3.05, 3.63) is 142 Å². The van der Waals surface area contributed by atoms with Gasteiger partial charge in [-0.25, -0.2) is 37.1 Å². The molecule has 0 saturated carbocycles. The molecule has 4 heterocycles. The van der Waals surface area contributed by atoms with E-state index in [9.17, 15) is 37.4 Å². The molecule has 0 atom stereocenters. The Morgan fingerprint density at radius 1 is 0.516 bits per heavy atom. The minimum Gasteiger partial charge on any atom is 0 e. The molecule has 20 heteroatoms. The zero-order chi connectivity index (χ0) is 46.8. The smallest absolute Gasteiger partial charge is 0 e. The SMILES string of the molecule is COc1cc(C(=O)O)nc(C(C)(C)c2cc(OC)cc(-c3ccc(F)cc3F)n2)c1.COc1cc(C(=O)O)nc(C(C)(C)c2cc(OC)cc(-c3ccc(F)cc3F)n2)c1.[Cl][Pt][Cl].[Pt]. The molecule has 0 amide bonds. The molecule has 6 rings (SSSR count). The van der Waals surface area contributed by atoms with Gasteiger partial charge in [-0.1, -0.05) is 0 Å². The van der Waals surface area contributed by atoms with Crippen LogP contribution in [0.1, 0.15) is 71.4 Å². The number of benzene rings is 2. The normalized spacial score (nSPS) is 10.9. The van der Waals surface area contributed by atoms with Crippen LogP contribution in [0.5, 0.6) is 23.0 Å². The molecule has 346 valence electrons. The Morgan fingerprint density at radius 2 is 0.797 bits per heavy atom. The summed E-state index contributed by atoms with van der Waals surface area (Å²) in [5, 5.41) is 18.7. The van der Waals surface area contributed by atoms with E-state index in [1.165, 1.54) is 64.8 Å². The fourth-order valence-electron chi connectivity index (χ4n) is 5.93. The minimum absolute atomic E-state index is 0. The number of hydrogen-bond acceptors (Lipinski definition) is 10. The molecule has 6 aromatic rings. The van der Waals surface area contributed by atoms with Crippen LogP contribution in [-0.4, -0.2) is 70.5 Å². The molecule has 0 fully saturated rings. The molecule has 0 aliphatic carbocycles. The van der Waals surface area contributed by atoms with E-state index in [-0.39, 0.29) is 55.0 Å². The van der Waals surface area contributed by atoms with Gasteiger partial charge in [-0.05, 0) is 52.0 Å². The zero-order valence-corrected chi connectivity index (χ0v) is 41.2. The maximum atomic E-state index is 14.3. The molecule has 0 unspecified atom stereocenters. The molecule has 12 nitrogen and oxygen atoms in total. The first-order valence-electron chi connectivity index (χ1n) is 18.2. The fourth-order valence-corrected chi connectivity index (χ4v) is 5.93. The van der Waals surface area contributed by atoms with Crippen LogP contribution >= 0.6 is 18.8 Å². The Bertz CT molecular complexity index is 2450. The van der Waals surface area contributed by atoms with Gasteiger partial charge in [0.2, 0.25) is 0 Å². The van der Waals surface area contributed by atoms with Gasteiger partial charge in [0, 0.05) is 104 Å². The number of carboxylic acids is 2. The molecule has 0 aliphatic heterocycles. The molecular formula is C44H40Cl2F4N4O8Pt2. The van der Waals surface area contributed by atoms with Gasteiger partial charge in [0.25, 0.3) is 0 Å². The second kappa shape index (κ2) is 23.2. The molecule has 0 spiro atoms. The van der Waals surface area contributed by atoms with Gasteiger partial charge in [0.1, 0.15) is 46.3 Å². The Kier molecular flexibility index (Phi) is 19.3. The molecule has 0 bridgehead atoms. The van der Waals surface area contributed by atoms with Crippen molar-refractivity contribution in [2.45, 2.75) is 38.5 Å². The summed E-state index contributed by atoms with van der Waals surface area (Å²) in [7, 11) is 15.5. The van der Waals surface area contributed by atoms with Crippen molar-refractivity contribution in [3.63, 3.8) is 0 Å². The predicted octanol–water partition coefficient (Wildman–Crippen LogP) is 10.3. The van der Waals surface area contributed by atoms with Gasteiger partial charge >= 0.3 is 47.3 Å². The number of halogens is 6. The molecule has 0 saturated heterocycles. The Hall–Kier alpha value is -5.14. The van der Waals surface area contributed by atoms with Crippen LogP contribution in [0.3, 0.4) is 0 Å². The summed E-state index contributed by atoms with van der Waals surface area (Å²) in [5.74, 6) is -3.81. The molecule has 4 aromatic heterocycles. The zero-order valence-electron chi connectivity index (χ0n) is 35.1. The van der Waals surface area contributed by atoms with Crippen molar-refractivity contribution in [1.82, 2.24) is 19.9 Å². The van der Waals surface area contributed by atoms with E-state index in [1.807, 2.05) is 0 Å². The summed E-state index contributed by atoms with van der Waals surface area (Å²) < 4.78 is 76.4. The van der Waals surface area contributed by atoms with E-state index < -0.39 is 62.5 Å². The van der Waals surface area contributed by atoms with Gasteiger partial charge in [0.15, 0.2) is 11.4 Å². The number of aromatic carboxylic acids is 2. The molecular weight excluding hydrogens is 1250 g/mol. The van der Waals surface area contributed by atoms with Crippen LogP contribution in [0.15, 0.2) is 84.9 Å². The monoisotopic (exact) mass is 1290 g/mol. The Labute approximate surface area is 397 Å². The van der Waals surface area contributed by atoms with Crippen LogP contribution in [0.25, 0.3) is 22.5 Å². The number of methoxy groups -OCH3 is 4. The van der Waals surface area contributed by atoms with E-state index in [1.54, 1.807) is 52.0 Å². The van der Waals surface area contributed by atoms with Gasteiger partial charge in [-0.3, -0.25) is 9.97 Å². The van der Waals surface area contributed by atoms with Crippen molar-refractivity contribution in [2.24, 2.45) is 0 Å². The summed E-state index contributed by atoms with van der Waals surface area (Å²) in [4.78, 5) is 40.5. The molecule has 0 radical (unpaired) electrons. The number of ether oxygens (including phenoxy) is 4. The second-order valence-corrected chi connectivity index (χ2v) is 17.5. The van der Waals surface area contributed by atoms with E-state index in [4.69, 9.17) is 37.8 Å². The third-order valence-corrected chi connectivity index (χ3v) is 9.55. The maximum absolute atomic E-state index is 14.3.